The monoisotopic (exact) mass is 741 g/mol. The SMILES string of the molecule is Cc1cc(S(=O)(=O)C2CCCCCC2)c([N+](=O)[O-])cc1C(=O)Cl.Cc1cc(S(=O)(=O)C2CCCCCC2)c([N+](=O)[O-])cc1C(=O)N=C(N)N. The Bertz CT molecular complexity index is 1860. The first-order valence-corrected chi connectivity index (χ1v) is 19.3. The largest absolute Gasteiger partial charge is 0.370 e. The molecule has 0 atom stereocenters. The molecule has 2 saturated carbocycles. The van der Waals surface area contributed by atoms with Gasteiger partial charge in [0, 0.05) is 17.7 Å². The van der Waals surface area contributed by atoms with Crippen LogP contribution in [-0.2, 0) is 19.7 Å². The number of nitrogens with two attached hydrogens (primary N) is 2. The highest BCUT2D eigenvalue weighted by atomic mass is 35.5. The van der Waals surface area contributed by atoms with Crippen LogP contribution in [0.4, 0.5) is 11.4 Å². The summed E-state index contributed by atoms with van der Waals surface area (Å²) in [4.78, 5) is 47.3. The maximum atomic E-state index is 13.0. The fourth-order valence-electron chi connectivity index (χ4n) is 6.16. The van der Waals surface area contributed by atoms with Crippen LogP contribution in [0.2, 0.25) is 0 Å². The molecule has 0 aliphatic heterocycles. The van der Waals surface area contributed by atoms with E-state index in [-0.39, 0.29) is 26.5 Å². The number of aliphatic imine (C=N–C) groups is 1. The number of benzene rings is 2. The van der Waals surface area contributed by atoms with E-state index in [1.807, 2.05) is 0 Å². The summed E-state index contributed by atoms with van der Waals surface area (Å²) >= 11 is 5.41. The van der Waals surface area contributed by atoms with E-state index in [2.05, 4.69) is 4.99 Å². The van der Waals surface area contributed by atoms with Gasteiger partial charge in [-0.1, -0.05) is 51.4 Å². The minimum atomic E-state index is -3.89. The Morgan fingerprint density at radius 2 is 1.04 bits per heavy atom. The van der Waals surface area contributed by atoms with E-state index in [0.29, 0.717) is 31.2 Å². The van der Waals surface area contributed by atoms with Crippen LogP contribution < -0.4 is 11.5 Å². The van der Waals surface area contributed by atoms with Gasteiger partial charge in [0.2, 0.25) is 0 Å². The number of amides is 1. The molecule has 0 saturated heterocycles. The lowest BCUT2D eigenvalue weighted by atomic mass is 10.1. The van der Waals surface area contributed by atoms with E-state index in [1.165, 1.54) is 26.0 Å². The molecule has 0 bridgehead atoms. The highest BCUT2D eigenvalue weighted by Crippen LogP contribution is 2.36. The van der Waals surface area contributed by atoms with Crippen LogP contribution >= 0.6 is 11.6 Å². The van der Waals surface area contributed by atoms with E-state index in [0.717, 1.165) is 63.5 Å². The topological polar surface area (TPSA) is 253 Å². The Kier molecular flexibility index (Phi) is 13.4. The molecule has 0 spiro atoms. The number of nitro groups is 2. The van der Waals surface area contributed by atoms with E-state index < -0.39 is 68.5 Å². The van der Waals surface area contributed by atoms with Gasteiger partial charge < -0.3 is 11.5 Å². The van der Waals surface area contributed by atoms with Gasteiger partial charge in [-0.05, 0) is 74.4 Å². The first kappa shape index (κ1) is 39.5. The molecule has 0 unspecified atom stereocenters. The predicted molar refractivity (Wildman–Crippen MR) is 183 cm³/mol. The van der Waals surface area contributed by atoms with Crippen molar-refractivity contribution >= 4 is 59.8 Å². The number of hydrogen-bond donors (Lipinski definition) is 2. The van der Waals surface area contributed by atoms with Crippen molar-refractivity contribution in [3.63, 3.8) is 0 Å². The van der Waals surface area contributed by atoms with Gasteiger partial charge >= 0.3 is 0 Å². The summed E-state index contributed by atoms with van der Waals surface area (Å²) < 4.78 is 51.8. The van der Waals surface area contributed by atoms with Crippen molar-refractivity contribution in [2.75, 3.05) is 0 Å². The molecule has 2 fully saturated rings. The number of nitro benzene ring substituents is 2. The molecule has 0 aromatic heterocycles. The predicted octanol–water partition coefficient (Wildman–Crippen LogP) is 5.59. The maximum Gasteiger partial charge on any atom is 0.288 e. The van der Waals surface area contributed by atoms with Crippen LogP contribution in [0, 0.1) is 34.1 Å². The van der Waals surface area contributed by atoms with Crippen molar-refractivity contribution in [3.8, 4) is 0 Å². The molecule has 2 aromatic carbocycles. The van der Waals surface area contributed by atoms with Crippen molar-refractivity contribution in [3.05, 3.63) is 66.7 Å². The minimum absolute atomic E-state index is 0.0433. The quantitative estimate of drug-likeness (QED) is 0.0838. The summed E-state index contributed by atoms with van der Waals surface area (Å²) in [7, 11) is -7.71. The Hall–Kier alpha value is -3.96. The third kappa shape index (κ3) is 9.60. The first-order valence-electron chi connectivity index (χ1n) is 15.8. The zero-order chi connectivity index (χ0) is 36.7. The second kappa shape index (κ2) is 16.6. The molecular formula is C31H40ClN5O10S2. The van der Waals surface area contributed by atoms with E-state index in [9.17, 15) is 46.7 Å². The molecule has 2 aromatic rings. The second-order valence-corrected chi connectivity index (χ2v) is 17.0. The van der Waals surface area contributed by atoms with Crippen LogP contribution in [0.1, 0.15) is 109 Å². The molecule has 2 aliphatic rings. The van der Waals surface area contributed by atoms with Gasteiger partial charge in [0.15, 0.2) is 25.6 Å². The standard InChI is InChI=1S/C16H22N4O5S.C15H18ClNO5S/c1-10-8-14(26(24,25)11-6-4-2-3-5-7-11)13(20(22)23)9-12(10)15(21)19-16(17)18;1-10-8-14(13(17(19)20)9-12(10)15(16)18)23(21,22)11-6-4-2-3-5-7-11/h8-9,11H,2-7H2,1H3,(H4,17,18,19,21);8-9,11H,2-7H2,1H3. The average Bonchev–Trinajstić information content (AvgIpc) is 3.47. The number of aryl methyl sites for hydroxylation is 2. The average molecular weight is 742 g/mol. The third-order valence-corrected chi connectivity index (χ3v) is 13.6. The maximum absolute atomic E-state index is 13.0. The van der Waals surface area contributed by atoms with Gasteiger partial charge in [-0.25, -0.2) is 16.8 Å². The summed E-state index contributed by atoms with van der Waals surface area (Å²) in [6.45, 7) is 3.01. The zero-order valence-corrected chi connectivity index (χ0v) is 29.6. The number of carbonyl (C=O) groups excluding carboxylic acids is 2. The van der Waals surface area contributed by atoms with Crippen LogP contribution in [0.25, 0.3) is 0 Å². The lowest BCUT2D eigenvalue weighted by Gasteiger charge is -2.16. The molecule has 18 heteroatoms. The molecular weight excluding hydrogens is 702 g/mol. The summed E-state index contributed by atoms with van der Waals surface area (Å²) in [6.07, 6.45) is 9.00. The smallest absolute Gasteiger partial charge is 0.288 e. The number of halogens is 1. The number of carbonyl (C=O) groups is 2. The lowest BCUT2D eigenvalue weighted by Crippen LogP contribution is -2.25. The summed E-state index contributed by atoms with van der Waals surface area (Å²) in [5, 5.41) is 20.7. The molecule has 15 nitrogen and oxygen atoms in total. The molecule has 0 radical (unpaired) electrons. The molecule has 2 aliphatic carbocycles. The van der Waals surface area contributed by atoms with Crippen molar-refractivity contribution in [2.45, 2.75) is 111 Å². The van der Waals surface area contributed by atoms with E-state index >= 15 is 0 Å². The van der Waals surface area contributed by atoms with Crippen molar-refractivity contribution < 1.29 is 36.3 Å². The number of hydrogen-bond acceptors (Lipinski definition) is 10. The summed E-state index contributed by atoms with van der Waals surface area (Å²) in [5.74, 6) is -1.34. The molecule has 268 valence electrons. The molecule has 4 N–H and O–H groups in total. The van der Waals surface area contributed by atoms with E-state index in [1.54, 1.807) is 0 Å². The van der Waals surface area contributed by atoms with Gasteiger partial charge in [-0.15, -0.1) is 0 Å². The number of rotatable bonds is 8. The fourth-order valence-corrected chi connectivity index (χ4v) is 10.5. The van der Waals surface area contributed by atoms with Crippen molar-refractivity contribution in [2.24, 2.45) is 16.5 Å². The van der Waals surface area contributed by atoms with Gasteiger partial charge in [0.05, 0.1) is 25.9 Å². The van der Waals surface area contributed by atoms with Crippen LogP contribution in [0.5, 0.6) is 0 Å². The highest BCUT2D eigenvalue weighted by Gasteiger charge is 2.36. The summed E-state index contributed by atoms with van der Waals surface area (Å²) in [5.41, 5.74) is 9.56. The third-order valence-electron chi connectivity index (χ3n) is 8.77. The van der Waals surface area contributed by atoms with Gasteiger partial charge in [0.25, 0.3) is 22.5 Å². The lowest BCUT2D eigenvalue weighted by molar-refractivity contribution is -0.388. The minimum Gasteiger partial charge on any atom is -0.370 e. The molecule has 4 rings (SSSR count). The van der Waals surface area contributed by atoms with Crippen LogP contribution in [0.3, 0.4) is 0 Å². The number of guanidine groups is 1. The number of nitrogens with zero attached hydrogens (tertiary/aromatic N) is 3. The van der Waals surface area contributed by atoms with Gasteiger partial charge in [0.1, 0.15) is 9.79 Å². The fraction of sp³-hybridized carbons (Fsp3) is 0.516. The van der Waals surface area contributed by atoms with Crippen molar-refractivity contribution in [1.82, 2.24) is 0 Å². The Morgan fingerprint density at radius 1 is 0.694 bits per heavy atom. The normalized spacial score (nSPS) is 16.3. The molecule has 49 heavy (non-hydrogen) atoms. The second-order valence-electron chi connectivity index (χ2n) is 12.2. The van der Waals surface area contributed by atoms with E-state index in [4.69, 9.17) is 23.1 Å². The van der Waals surface area contributed by atoms with Crippen LogP contribution in [0.15, 0.2) is 39.0 Å². The zero-order valence-electron chi connectivity index (χ0n) is 27.2. The Labute approximate surface area is 289 Å². The number of sulfone groups is 2. The van der Waals surface area contributed by atoms with Crippen LogP contribution in [-0.4, -0.2) is 54.3 Å². The molecule has 0 heterocycles. The van der Waals surface area contributed by atoms with Gasteiger partial charge in [-0.3, -0.25) is 29.8 Å². The highest BCUT2D eigenvalue weighted by molar-refractivity contribution is 7.92. The Morgan fingerprint density at radius 3 is 1.37 bits per heavy atom. The molecule has 1 amide bonds. The summed E-state index contributed by atoms with van der Waals surface area (Å²) in [6, 6.07) is 4.28. The first-order chi connectivity index (χ1) is 22.9. The Balaban J connectivity index is 0.000000267. The van der Waals surface area contributed by atoms with Crippen molar-refractivity contribution in [1.29, 1.82) is 0 Å². The van der Waals surface area contributed by atoms with Gasteiger partial charge in [-0.2, -0.15) is 4.99 Å².